The maximum absolute atomic E-state index is 15.2. The van der Waals surface area contributed by atoms with E-state index in [9.17, 15) is 8.42 Å². The van der Waals surface area contributed by atoms with Crippen LogP contribution in [0.2, 0.25) is 0 Å². The SMILES string of the molecule is C[C@H]1CC[C@@H](c2ccccc2)S(=O)(=O)N1Cc1cc(F)c(N2C[C@@H]3[C@H](C2)[C@H]3n2cnnc2)cc1F. The molecule has 1 saturated carbocycles. The summed E-state index contributed by atoms with van der Waals surface area (Å²) in [6, 6.07) is 11.5. The van der Waals surface area contributed by atoms with Gasteiger partial charge in [-0.2, -0.15) is 4.31 Å². The molecule has 6 rings (SSSR count). The molecule has 0 spiro atoms. The van der Waals surface area contributed by atoms with Crippen molar-refractivity contribution in [1.29, 1.82) is 0 Å². The number of sulfonamides is 1. The molecule has 2 aromatic carbocycles. The van der Waals surface area contributed by atoms with Crippen LogP contribution < -0.4 is 4.90 Å². The topological polar surface area (TPSA) is 71.3 Å². The zero-order chi connectivity index (χ0) is 24.3. The number of nitrogens with zero attached hydrogens (tertiary/aromatic N) is 5. The molecule has 2 saturated heterocycles. The summed E-state index contributed by atoms with van der Waals surface area (Å²) in [5.74, 6) is -0.378. The minimum absolute atomic E-state index is 0.0575. The van der Waals surface area contributed by atoms with E-state index in [1.54, 1.807) is 24.8 Å². The van der Waals surface area contributed by atoms with Crippen LogP contribution in [0.1, 0.15) is 42.2 Å². The molecule has 184 valence electrons. The minimum atomic E-state index is -3.73. The highest BCUT2D eigenvalue weighted by Gasteiger charge is 2.57. The summed E-state index contributed by atoms with van der Waals surface area (Å²) in [5, 5.41) is 7.02. The normalized spacial score (nSPS) is 29.8. The lowest BCUT2D eigenvalue weighted by Gasteiger charge is -2.37. The van der Waals surface area contributed by atoms with E-state index in [-0.39, 0.29) is 23.8 Å². The Morgan fingerprint density at radius 3 is 2.34 bits per heavy atom. The van der Waals surface area contributed by atoms with Crippen LogP contribution in [-0.4, -0.2) is 46.6 Å². The van der Waals surface area contributed by atoms with E-state index >= 15 is 8.78 Å². The summed E-state index contributed by atoms with van der Waals surface area (Å²) >= 11 is 0. The summed E-state index contributed by atoms with van der Waals surface area (Å²) in [4.78, 5) is 1.88. The molecule has 5 atom stereocenters. The van der Waals surface area contributed by atoms with Crippen molar-refractivity contribution in [2.24, 2.45) is 11.8 Å². The van der Waals surface area contributed by atoms with Crippen molar-refractivity contribution < 1.29 is 17.2 Å². The van der Waals surface area contributed by atoms with Gasteiger partial charge in [0.2, 0.25) is 10.0 Å². The molecule has 0 unspecified atom stereocenters. The molecule has 0 N–H and O–H groups in total. The lowest BCUT2D eigenvalue weighted by molar-refractivity contribution is 0.279. The number of aromatic nitrogens is 3. The summed E-state index contributed by atoms with van der Waals surface area (Å²) in [6.45, 7) is 2.92. The first kappa shape index (κ1) is 22.6. The molecule has 1 aromatic heterocycles. The van der Waals surface area contributed by atoms with Gasteiger partial charge in [0.15, 0.2) is 0 Å². The summed E-state index contributed by atoms with van der Waals surface area (Å²) in [6.07, 6.45) is 4.55. The summed E-state index contributed by atoms with van der Waals surface area (Å²) in [7, 11) is -3.73. The first-order chi connectivity index (χ1) is 16.8. The Morgan fingerprint density at radius 1 is 0.971 bits per heavy atom. The molecule has 10 heteroatoms. The van der Waals surface area contributed by atoms with Crippen molar-refractivity contribution in [3.63, 3.8) is 0 Å². The third-order valence-corrected chi connectivity index (χ3v) is 10.3. The molecule has 35 heavy (non-hydrogen) atoms. The van der Waals surface area contributed by atoms with Crippen LogP contribution in [0.5, 0.6) is 0 Å². The molecule has 0 radical (unpaired) electrons. The monoisotopic (exact) mass is 499 g/mol. The highest BCUT2D eigenvalue weighted by atomic mass is 32.2. The Kier molecular flexibility index (Phi) is 5.41. The zero-order valence-electron chi connectivity index (χ0n) is 19.3. The van der Waals surface area contributed by atoms with Crippen molar-refractivity contribution >= 4 is 15.7 Å². The highest BCUT2D eigenvalue weighted by Crippen LogP contribution is 2.56. The summed E-state index contributed by atoms with van der Waals surface area (Å²) < 4.78 is 60.6. The van der Waals surface area contributed by atoms with Gasteiger partial charge in [0.05, 0.1) is 5.69 Å². The van der Waals surface area contributed by atoms with Crippen LogP contribution in [0.3, 0.4) is 0 Å². The largest absolute Gasteiger partial charge is 0.368 e. The molecule has 3 heterocycles. The summed E-state index contributed by atoms with van der Waals surface area (Å²) in [5.41, 5.74) is 1.02. The maximum Gasteiger partial charge on any atom is 0.221 e. The number of piperidine rings is 1. The van der Waals surface area contributed by atoms with E-state index in [0.717, 1.165) is 5.56 Å². The number of fused-ring (bicyclic) bond motifs is 1. The van der Waals surface area contributed by atoms with Gasteiger partial charge >= 0.3 is 0 Å². The second-order valence-electron chi connectivity index (χ2n) is 9.94. The van der Waals surface area contributed by atoms with Gasteiger partial charge in [-0.25, -0.2) is 17.2 Å². The lowest BCUT2D eigenvalue weighted by Crippen LogP contribution is -2.44. The van der Waals surface area contributed by atoms with Crippen LogP contribution in [0, 0.1) is 23.5 Å². The molecule has 2 aliphatic heterocycles. The number of rotatable bonds is 5. The van der Waals surface area contributed by atoms with Crippen LogP contribution in [0.15, 0.2) is 55.1 Å². The third kappa shape index (κ3) is 3.83. The minimum Gasteiger partial charge on any atom is -0.368 e. The van der Waals surface area contributed by atoms with E-state index < -0.39 is 26.9 Å². The average molecular weight is 500 g/mol. The van der Waals surface area contributed by atoms with Gasteiger partial charge in [-0.3, -0.25) is 0 Å². The third-order valence-electron chi connectivity index (χ3n) is 7.91. The standard InChI is InChI=1S/C25H27F2N5O2S/c1-16-7-8-24(17-5-3-2-4-6-17)35(33,34)32(16)11-18-9-22(27)23(10-21(18)26)30-12-19-20(13-30)25(19)31-14-28-29-15-31/h2-6,9-10,14-16,19-20,24-25H,7-8,11-13H2,1H3/t16-,19-,20+,24-,25+/m0/s1. The van der Waals surface area contributed by atoms with Crippen molar-refractivity contribution in [3.8, 4) is 0 Å². The molecular formula is C25H27F2N5O2S. The Hall–Kier alpha value is -2.85. The first-order valence-electron chi connectivity index (χ1n) is 12.0. The van der Waals surface area contributed by atoms with E-state index in [0.29, 0.717) is 43.8 Å². The van der Waals surface area contributed by atoms with Crippen LogP contribution in [-0.2, 0) is 16.6 Å². The fraction of sp³-hybridized carbons (Fsp3) is 0.440. The molecule has 7 nitrogen and oxygen atoms in total. The van der Waals surface area contributed by atoms with Crippen molar-refractivity contribution in [3.05, 3.63) is 77.9 Å². The maximum atomic E-state index is 15.2. The molecule has 0 bridgehead atoms. The molecule has 3 aromatic rings. The Labute approximate surface area is 203 Å². The average Bonchev–Trinajstić information content (AvgIpc) is 3.21. The number of benzene rings is 2. The molecule has 1 aliphatic carbocycles. The molecule has 3 fully saturated rings. The predicted octanol–water partition coefficient (Wildman–Crippen LogP) is 3.92. The van der Waals surface area contributed by atoms with Crippen LogP contribution >= 0.6 is 0 Å². The van der Waals surface area contributed by atoms with Crippen molar-refractivity contribution in [2.75, 3.05) is 18.0 Å². The van der Waals surface area contributed by atoms with E-state index in [4.69, 9.17) is 0 Å². The molecule has 0 amide bonds. The lowest BCUT2D eigenvalue weighted by atomic mass is 10.0. The van der Waals surface area contributed by atoms with Crippen molar-refractivity contribution in [1.82, 2.24) is 19.1 Å². The Morgan fingerprint density at radius 2 is 1.66 bits per heavy atom. The zero-order valence-corrected chi connectivity index (χ0v) is 20.2. The second-order valence-corrected chi connectivity index (χ2v) is 12.0. The van der Waals surface area contributed by atoms with Gasteiger partial charge in [-0.1, -0.05) is 30.3 Å². The van der Waals surface area contributed by atoms with Crippen LogP contribution in [0.25, 0.3) is 0 Å². The van der Waals surface area contributed by atoms with Gasteiger partial charge in [0.1, 0.15) is 29.5 Å². The molecule has 3 aliphatic rings. The van der Waals surface area contributed by atoms with Crippen molar-refractivity contribution in [2.45, 2.75) is 43.6 Å². The van der Waals surface area contributed by atoms with E-state index in [1.807, 2.05) is 34.6 Å². The smallest absolute Gasteiger partial charge is 0.221 e. The van der Waals surface area contributed by atoms with E-state index in [1.165, 1.54) is 16.4 Å². The number of halogens is 2. The van der Waals surface area contributed by atoms with Gasteiger partial charge in [-0.15, -0.1) is 10.2 Å². The van der Waals surface area contributed by atoms with Gasteiger partial charge in [0.25, 0.3) is 0 Å². The van der Waals surface area contributed by atoms with Gasteiger partial charge in [0, 0.05) is 55.2 Å². The Balaban J connectivity index is 1.20. The quantitative estimate of drug-likeness (QED) is 0.532. The Bertz CT molecular complexity index is 1320. The van der Waals surface area contributed by atoms with E-state index in [2.05, 4.69) is 10.2 Å². The van der Waals surface area contributed by atoms with Gasteiger partial charge in [-0.05, 0) is 31.4 Å². The fourth-order valence-electron chi connectivity index (χ4n) is 5.96. The fourth-order valence-corrected chi connectivity index (χ4v) is 8.15. The number of anilines is 1. The van der Waals surface area contributed by atoms with Crippen LogP contribution in [0.4, 0.5) is 14.5 Å². The number of hydrogen-bond acceptors (Lipinski definition) is 5. The first-order valence-corrected chi connectivity index (χ1v) is 13.5. The highest BCUT2D eigenvalue weighted by molar-refractivity contribution is 7.89. The molecular weight excluding hydrogens is 472 g/mol. The number of hydrogen-bond donors (Lipinski definition) is 0. The second kappa shape index (κ2) is 8.37. The predicted molar refractivity (Wildman–Crippen MR) is 127 cm³/mol. The van der Waals surface area contributed by atoms with Gasteiger partial charge < -0.3 is 9.47 Å².